The fraction of sp³-hybridized carbons (Fsp3) is 1.00. The Hall–Kier alpha value is -0.160. The van der Waals surface area contributed by atoms with Crippen molar-refractivity contribution in [2.24, 2.45) is 0 Å². The first-order valence-electron chi connectivity index (χ1n) is 9.28. The van der Waals surface area contributed by atoms with Gasteiger partial charge in [0.1, 0.15) is 12.2 Å². The zero-order chi connectivity index (χ0) is 16.6. The van der Waals surface area contributed by atoms with Gasteiger partial charge in [-0.1, -0.05) is 84.0 Å². The fourth-order valence-electron chi connectivity index (χ4n) is 2.73. The lowest BCUT2D eigenvalue weighted by atomic mass is 10.0. The Labute approximate surface area is 136 Å². The van der Waals surface area contributed by atoms with Crippen LogP contribution < -0.4 is 0 Å². The lowest BCUT2D eigenvalue weighted by Gasteiger charge is -2.21. The van der Waals surface area contributed by atoms with Crippen LogP contribution in [0.15, 0.2) is 0 Å². The second-order valence-corrected chi connectivity index (χ2v) is 6.49. The quantitative estimate of drug-likeness (QED) is 0.330. The third kappa shape index (κ3) is 12.4. The summed E-state index contributed by atoms with van der Waals surface area (Å²) in [6.07, 6.45) is 12.2. The molecule has 0 saturated carbocycles. The van der Waals surface area contributed by atoms with Crippen LogP contribution in [0.25, 0.3) is 0 Å². The zero-order valence-electron chi connectivity index (χ0n) is 14.4. The third-order valence-corrected chi connectivity index (χ3v) is 4.33. The van der Waals surface area contributed by atoms with Crippen molar-refractivity contribution in [3.05, 3.63) is 0 Å². The van der Waals surface area contributed by atoms with Crippen LogP contribution in [0.4, 0.5) is 0 Å². The van der Waals surface area contributed by atoms with Gasteiger partial charge in [0.25, 0.3) is 0 Å². The molecule has 0 aliphatic rings. The van der Waals surface area contributed by atoms with E-state index in [1.807, 2.05) is 0 Å². The molecule has 4 N–H and O–H groups in total. The standard InChI is InChI=1S/C18H38O4/c1-2-3-4-5-6-7-8-9-10-11-12-13-14-16(20)18(22)17(21)15-19/h16-22H,2-15H2,1H3/t16-,17-,18-/m1/s1. The van der Waals surface area contributed by atoms with Gasteiger partial charge in [-0.15, -0.1) is 0 Å². The van der Waals surface area contributed by atoms with Crippen LogP contribution in [0.3, 0.4) is 0 Å². The van der Waals surface area contributed by atoms with Crippen molar-refractivity contribution in [1.82, 2.24) is 0 Å². The van der Waals surface area contributed by atoms with Gasteiger partial charge in [0.05, 0.1) is 12.7 Å². The number of hydrogen-bond donors (Lipinski definition) is 4. The Kier molecular flexibility index (Phi) is 15.6. The van der Waals surface area contributed by atoms with Crippen LogP contribution in [0.2, 0.25) is 0 Å². The predicted octanol–water partition coefficient (Wildman–Crippen LogP) is 3.15. The van der Waals surface area contributed by atoms with E-state index in [0.29, 0.717) is 6.42 Å². The van der Waals surface area contributed by atoms with Crippen LogP contribution in [-0.2, 0) is 0 Å². The Morgan fingerprint density at radius 1 is 0.591 bits per heavy atom. The van der Waals surface area contributed by atoms with E-state index in [1.54, 1.807) is 0 Å². The van der Waals surface area contributed by atoms with Crippen molar-refractivity contribution in [1.29, 1.82) is 0 Å². The first kappa shape index (κ1) is 21.8. The highest BCUT2D eigenvalue weighted by Crippen LogP contribution is 2.14. The van der Waals surface area contributed by atoms with Gasteiger partial charge in [-0.25, -0.2) is 0 Å². The normalized spacial score (nSPS) is 15.7. The van der Waals surface area contributed by atoms with E-state index in [2.05, 4.69) is 6.92 Å². The van der Waals surface area contributed by atoms with E-state index in [-0.39, 0.29) is 0 Å². The van der Waals surface area contributed by atoms with Crippen molar-refractivity contribution in [3.63, 3.8) is 0 Å². The number of unbranched alkanes of at least 4 members (excludes halogenated alkanes) is 11. The van der Waals surface area contributed by atoms with Crippen LogP contribution in [0.5, 0.6) is 0 Å². The molecule has 3 atom stereocenters. The van der Waals surface area contributed by atoms with Gasteiger partial charge in [0.15, 0.2) is 0 Å². The van der Waals surface area contributed by atoms with Gasteiger partial charge in [0.2, 0.25) is 0 Å². The summed E-state index contributed by atoms with van der Waals surface area (Å²) in [5, 5.41) is 37.1. The van der Waals surface area contributed by atoms with E-state index >= 15 is 0 Å². The molecule has 0 saturated heterocycles. The predicted molar refractivity (Wildman–Crippen MR) is 90.8 cm³/mol. The molecule has 0 heterocycles. The van der Waals surface area contributed by atoms with Gasteiger partial charge in [0, 0.05) is 0 Å². The maximum absolute atomic E-state index is 9.66. The molecule has 0 aromatic heterocycles. The Morgan fingerprint density at radius 3 is 1.41 bits per heavy atom. The van der Waals surface area contributed by atoms with Crippen molar-refractivity contribution in [3.8, 4) is 0 Å². The maximum Gasteiger partial charge on any atom is 0.108 e. The first-order chi connectivity index (χ1) is 10.6. The molecule has 0 rings (SSSR count). The minimum Gasteiger partial charge on any atom is -0.394 e. The molecule has 0 aliphatic carbocycles. The summed E-state index contributed by atoms with van der Waals surface area (Å²) in [4.78, 5) is 0. The van der Waals surface area contributed by atoms with Crippen molar-refractivity contribution in [2.45, 2.75) is 109 Å². The van der Waals surface area contributed by atoms with Gasteiger partial charge in [-0.3, -0.25) is 0 Å². The molecule has 134 valence electrons. The van der Waals surface area contributed by atoms with E-state index < -0.39 is 24.9 Å². The smallest absolute Gasteiger partial charge is 0.108 e. The molecular weight excluding hydrogens is 280 g/mol. The summed E-state index contributed by atoms with van der Waals surface area (Å²) in [5.41, 5.74) is 0. The molecule has 0 fully saturated rings. The highest BCUT2D eigenvalue weighted by Gasteiger charge is 2.23. The molecule has 22 heavy (non-hydrogen) atoms. The third-order valence-electron chi connectivity index (χ3n) is 4.33. The molecular formula is C18H38O4. The molecule has 0 bridgehead atoms. The number of rotatable bonds is 16. The van der Waals surface area contributed by atoms with Crippen molar-refractivity contribution in [2.75, 3.05) is 6.61 Å². The van der Waals surface area contributed by atoms with Gasteiger partial charge < -0.3 is 20.4 Å². The minimum absolute atomic E-state index is 0.482. The lowest BCUT2D eigenvalue weighted by Crippen LogP contribution is -2.39. The van der Waals surface area contributed by atoms with Crippen LogP contribution in [0.1, 0.15) is 90.4 Å². The van der Waals surface area contributed by atoms with E-state index in [1.165, 1.54) is 64.2 Å². The SMILES string of the molecule is CCCCCCCCCCCCCC[C@@H](O)[C@@H](O)[C@H](O)CO. The molecule has 4 nitrogen and oxygen atoms in total. The summed E-state index contributed by atoms with van der Waals surface area (Å²) in [7, 11) is 0. The Balaban J connectivity index is 3.26. The van der Waals surface area contributed by atoms with Gasteiger partial charge in [-0.2, -0.15) is 0 Å². The molecule has 4 heteroatoms. The van der Waals surface area contributed by atoms with Crippen LogP contribution >= 0.6 is 0 Å². The summed E-state index contributed by atoms with van der Waals surface area (Å²) >= 11 is 0. The summed E-state index contributed by atoms with van der Waals surface area (Å²) in [6.45, 7) is 1.73. The average Bonchev–Trinajstić information content (AvgIpc) is 2.54. The second-order valence-electron chi connectivity index (χ2n) is 6.49. The number of hydrogen-bond acceptors (Lipinski definition) is 4. The molecule has 0 aromatic carbocycles. The number of aliphatic hydroxyl groups is 4. The summed E-state index contributed by atoms with van der Waals surface area (Å²) in [6, 6.07) is 0. The Morgan fingerprint density at radius 2 is 1.00 bits per heavy atom. The highest BCUT2D eigenvalue weighted by atomic mass is 16.4. The molecule has 0 aliphatic heterocycles. The lowest BCUT2D eigenvalue weighted by molar-refractivity contribution is -0.0787. The Bertz CT molecular complexity index is 223. The van der Waals surface area contributed by atoms with Crippen molar-refractivity contribution >= 4 is 0 Å². The average molecular weight is 318 g/mol. The molecule has 0 aromatic rings. The number of aliphatic hydroxyl groups excluding tert-OH is 4. The van der Waals surface area contributed by atoms with E-state index in [0.717, 1.165) is 12.8 Å². The fourth-order valence-corrected chi connectivity index (χ4v) is 2.73. The highest BCUT2D eigenvalue weighted by molar-refractivity contribution is 4.74. The van der Waals surface area contributed by atoms with E-state index in [9.17, 15) is 15.3 Å². The largest absolute Gasteiger partial charge is 0.394 e. The minimum atomic E-state index is -1.24. The zero-order valence-corrected chi connectivity index (χ0v) is 14.4. The van der Waals surface area contributed by atoms with E-state index in [4.69, 9.17) is 5.11 Å². The first-order valence-corrected chi connectivity index (χ1v) is 9.28. The molecule has 0 spiro atoms. The summed E-state index contributed by atoms with van der Waals surface area (Å²) < 4.78 is 0. The second kappa shape index (κ2) is 15.7. The topological polar surface area (TPSA) is 80.9 Å². The molecule has 0 amide bonds. The molecule has 0 unspecified atom stereocenters. The molecule has 0 radical (unpaired) electrons. The van der Waals surface area contributed by atoms with Crippen molar-refractivity contribution < 1.29 is 20.4 Å². The van der Waals surface area contributed by atoms with Gasteiger partial charge >= 0.3 is 0 Å². The monoisotopic (exact) mass is 318 g/mol. The van der Waals surface area contributed by atoms with Crippen LogP contribution in [0, 0.1) is 0 Å². The van der Waals surface area contributed by atoms with Crippen LogP contribution in [-0.4, -0.2) is 45.3 Å². The summed E-state index contributed by atoms with van der Waals surface area (Å²) in [5.74, 6) is 0. The van der Waals surface area contributed by atoms with Gasteiger partial charge in [-0.05, 0) is 6.42 Å². The maximum atomic E-state index is 9.66.